The molecule has 8 nitrogen and oxygen atoms in total. The highest BCUT2D eigenvalue weighted by molar-refractivity contribution is 7.89. The zero-order valence-electron chi connectivity index (χ0n) is 15.5. The van der Waals surface area contributed by atoms with Crippen molar-refractivity contribution in [1.29, 1.82) is 0 Å². The minimum absolute atomic E-state index is 0.0454. The van der Waals surface area contributed by atoms with Crippen LogP contribution in [0.2, 0.25) is 5.02 Å². The number of hydrogen-bond acceptors (Lipinski definition) is 5. The molecule has 0 bridgehead atoms. The van der Waals surface area contributed by atoms with Crippen LogP contribution in [-0.2, 0) is 14.8 Å². The lowest BCUT2D eigenvalue weighted by Crippen LogP contribution is -2.50. The zero-order valence-corrected chi connectivity index (χ0v) is 17.1. The summed E-state index contributed by atoms with van der Waals surface area (Å²) in [5.41, 5.74) is 2.15. The molecule has 1 aliphatic rings. The number of nitrogens with one attached hydrogen (secondary N) is 2. The number of sulfonamides is 1. The van der Waals surface area contributed by atoms with E-state index >= 15 is 0 Å². The average molecular weight is 430 g/mol. The second kappa shape index (κ2) is 8.16. The highest BCUT2D eigenvalue weighted by Gasteiger charge is 2.29. The van der Waals surface area contributed by atoms with Gasteiger partial charge in [0.2, 0.25) is 15.9 Å². The standard InChI is InChI=1S/C17H21ClFN5O3S/c1-11-17(12(2)22-21-11)20-16(25)10-23-5-7-24(8-6-23)28(26,27)13-3-4-15(19)14(18)9-13/h3-4,9H,5-8,10H2,1-2H3,(H,20,25)(H,21,22). The number of carbonyl (C=O) groups is 1. The summed E-state index contributed by atoms with van der Waals surface area (Å²) in [6.07, 6.45) is 0. The number of aromatic nitrogens is 2. The molecule has 0 aliphatic carbocycles. The first kappa shape index (κ1) is 20.7. The van der Waals surface area contributed by atoms with Crippen LogP contribution < -0.4 is 5.32 Å². The molecule has 1 saturated heterocycles. The molecule has 1 aromatic carbocycles. The van der Waals surface area contributed by atoms with Crippen LogP contribution in [0.1, 0.15) is 11.4 Å². The van der Waals surface area contributed by atoms with E-state index in [0.717, 1.165) is 17.8 Å². The van der Waals surface area contributed by atoms with Crippen molar-refractivity contribution >= 4 is 33.2 Å². The summed E-state index contributed by atoms with van der Waals surface area (Å²) in [5.74, 6) is -0.853. The Bertz CT molecular complexity index is 967. The Morgan fingerprint density at radius 1 is 1.29 bits per heavy atom. The van der Waals surface area contributed by atoms with Gasteiger partial charge in [-0.25, -0.2) is 12.8 Å². The maximum atomic E-state index is 13.3. The van der Waals surface area contributed by atoms with Gasteiger partial charge in [-0.1, -0.05) is 11.6 Å². The molecule has 1 aliphatic heterocycles. The Hall–Kier alpha value is -2.01. The third-order valence-electron chi connectivity index (χ3n) is 4.62. The van der Waals surface area contributed by atoms with Crippen molar-refractivity contribution in [3.63, 3.8) is 0 Å². The van der Waals surface area contributed by atoms with E-state index in [2.05, 4.69) is 15.5 Å². The molecule has 28 heavy (non-hydrogen) atoms. The summed E-state index contributed by atoms with van der Waals surface area (Å²) in [6.45, 7) is 5.05. The lowest BCUT2D eigenvalue weighted by Gasteiger charge is -2.33. The molecule has 152 valence electrons. The minimum Gasteiger partial charge on any atom is -0.322 e. The highest BCUT2D eigenvalue weighted by atomic mass is 35.5. The van der Waals surface area contributed by atoms with E-state index in [1.165, 1.54) is 10.4 Å². The first-order valence-electron chi connectivity index (χ1n) is 8.67. The molecule has 11 heteroatoms. The van der Waals surface area contributed by atoms with Gasteiger partial charge in [0.25, 0.3) is 0 Å². The van der Waals surface area contributed by atoms with Gasteiger partial charge in [0.1, 0.15) is 5.82 Å². The summed E-state index contributed by atoms with van der Waals surface area (Å²) < 4.78 is 40.0. The van der Waals surface area contributed by atoms with E-state index in [9.17, 15) is 17.6 Å². The number of carbonyl (C=O) groups excluding carboxylic acids is 1. The van der Waals surface area contributed by atoms with Gasteiger partial charge >= 0.3 is 0 Å². The third kappa shape index (κ3) is 4.35. The Labute approximate surface area is 167 Å². The Kier molecular flexibility index (Phi) is 6.04. The zero-order chi connectivity index (χ0) is 20.5. The number of halogens is 2. The SMILES string of the molecule is Cc1n[nH]c(C)c1NC(=O)CN1CCN(S(=O)(=O)c2ccc(F)c(Cl)c2)CC1. The summed E-state index contributed by atoms with van der Waals surface area (Å²) >= 11 is 5.70. The van der Waals surface area contributed by atoms with Gasteiger partial charge in [-0.2, -0.15) is 9.40 Å². The molecule has 0 radical (unpaired) electrons. The normalized spacial score (nSPS) is 16.3. The second-order valence-corrected chi connectivity index (χ2v) is 8.96. The number of rotatable bonds is 5. The molecular formula is C17H21ClFN5O3S. The van der Waals surface area contributed by atoms with Crippen LogP contribution in [0.5, 0.6) is 0 Å². The molecule has 0 spiro atoms. The molecule has 1 aromatic heterocycles. The van der Waals surface area contributed by atoms with E-state index in [-0.39, 0.29) is 35.5 Å². The monoisotopic (exact) mass is 429 g/mol. The van der Waals surface area contributed by atoms with Gasteiger partial charge in [0.15, 0.2) is 0 Å². The van der Waals surface area contributed by atoms with Gasteiger partial charge in [-0.3, -0.25) is 14.8 Å². The van der Waals surface area contributed by atoms with E-state index in [4.69, 9.17) is 11.6 Å². The molecule has 0 atom stereocenters. The largest absolute Gasteiger partial charge is 0.322 e. The molecule has 2 N–H and O–H groups in total. The van der Waals surface area contributed by atoms with Crippen molar-refractivity contribution in [2.75, 3.05) is 38.0 Å². The lowest BCUT2D eigenvalue weighted by molar-refractivity contribution is -0.117. The average Bonchev–Trinajstić information content (AvgIpc) is 2.96. The van der Waals surface area contributed by atoms with E-state index < -0.39 is 15.8 Å². The molecule has 1 fully saturated rings. The highest BCUT2D eigenvalue weighted by Crippen LogP contribution is 2.23. The first-order chi connectivity index (χ1) is 13.2. The summed E-state index contributed by atoms with van der Waals surface area (Å²) in [6, 6.07) is 3.35. The second-order valence-electron chi connectivity index (χ2n) is 6.61. The number of piperazine rings is 1. The molecule has 2 aromatic rings. The summed E-state index contributed by atoms with van der Waals surface area (Å²) in [4.78, 5) is 14.1. The van der Waals surface area contributed by atoms with Crippen LogP contribution in [0.25, 0.3) is 0 Å². The van der Waals surface area contributed by atoms with E-state index in [1.807, 2.05) is 11.8 Å². The number of benzene rings is 1. The Balaban J connectivity index is 1.58. The smallest absolute Gasteiger partial charge is 0.243 e. The van der Waals surface area contributed by atoms with E-state index in [0.29, 0.717) is 24.5 Å². The fourth-order valence-electron chi connectivity index (χ4n) is 3.03. The van der Waals surface area contributed by atoms with Gasteiger partial charge in [0.05, 0.1) is 33.5 Å². The maximum Gasteiger partial charge on any atom is 0.243 e. The topological polar surface area (TPSA) is 98.4 Å². The van der Waals surface area contributed by atoms with Crippen molar-refractivity contribution in [2.24, 2.45) is 0 Å². The Morgan fingerprint density at radius 2 is 1.96 bits per heavy atom. The number of H-pyrrole nitrogens is 1. The number of aromatic amines is 1. The van der Waals surface area contributed by atoms with Crippen molar-refractivity contribution in [2.45, 2.75) is 18.7 Å². The molecule has 0 unspecified atom stereocenters. The number of nitrogens with zero attached hydrogens (tertiary/aromatic N) is 3. The van der Waals surface area contributed by atoms with Gasteiger partial charge < -0.3 is 5.32 Å². The van der Waals surface area contributed by atoms with Gasteiger partial charge in [-0.15, -0.1) is 0 Å². The van der Waals surface area contributed by atoms with Crippen molar-refractivity contribution < 1.29 is 17.6 Å². The van der Waals surface area contributed by atoms with Crippen LogP contribution in [0.3, 0.4) is 0 Å². The Morgan fingerprint density at radius 3 is 2.54 bits per heavy atom. The number of anilines is 1. The van der Waals surface area contributed by atoms with Crippen LogP contribution in [0.15, 0.2) is 23.1 Å². The van der Waals surface area contributed by atoms with Crippen LogP contribution >= 0.6 is 11.6 Å². The molecular weight excluding hydrogens is 409 g/mol. The predicted octanol–water partition coefficient (Wildman–Crippen LogP) is 1.76. The molecule has 3 rings (SSSR count). The van der Waals surface area contributed by atoms with Crippen molar-refractivity contribution in [3.05, 3.63) is 40.4 Å². The van der Waals surface area contributed by atoms with Crippen LogP contribution in [0.4, 0.5) is 10.1 Å². The first-order valence-corrected chi connectivity index (χ1v) is 10.5. The fraction of sp³-hybridized carbons (Fsp3) is 0.412. The number of hydrogen-bond donors (Lipinski definition) is 2. The molecule has 1 amide bonds. The predicted molar refractivity (Wildman–Crippen MR) is 103 cm³/mol. The summed E-state index contributed by atoms with van der Waals surface area (Å²) in [7, 11) is -3.76. The van der Waals surface area contributed by atoms with Crippen LogP contribution in [0, 0.1) is 19.7 Å². The third-order valence-corrected chi connectivity index (χ3v) is 6.80. The number of aryl methyl sites for hydroxylation is 2. The van der Waals surface area contributed by atoms with E-state index in [1.54, 1.807) is 6.92 Å². The number of amides is 1. The minimum atomic E-state index is -3.76. The van der Waals surface area contributed by atoms with Crippen molar-refractivity contribution in [3.8, 4) is 0 Å². The molecule has 2 heterocycles. The quantitative estimate of drug-likeness (QED) is 0.754. The fourth-order valence-corrected chi connectivity index (χ4v) is 4.73. The maximum absolute atomic E-state index is 13.3. The lowest BCUT2D eigenvalue weighted by atomic mass is 10.3. The van der Waals surface area contributed by atoms with Gasteiger partial charge in [0, 0.05) is 26.2 Å². The van der Waals surface area contributed by atoms with Gasteiger partial charge in [-0.05, 0) is 32.0 Å². The summed E-state index contributed by atoms with van der Waals surface area (Å²) in [5, 5.41) is 9.43. The van der Waals surface area contributed by atoms with Crippen molar-refractivity contribution in [1.82, 2.24) is 19.4 Å². The van der Waals surface area contributed by atoms with Crippen LogP contribution in [-0.4, -0.2) is 66.5 Å². The molecule has 0 saturated carbocycles.